The number of aliphatic hydroxyl groups is 1. The smallest absolute Gasteiger partial charge is 0.405 e. The molecule has 0 bridgehead atoms. The number of carbonyl (C=O) groups excluding carboxylic acids is 1. The largest absolute Gasteiger partial charge is 0.573 e. The Hall–Kier alpha value is -4.58. The number of primary amides is 1. The second-order valence-corrected chi connectivity index (χ2v) is 12.0. The van der Waals surface area contributed by atoms with E-state index in [1.54, 1.807) is 30.3 Å². The van der Waals surface area contributed by atoms with E-state index in [9.17, 15) is 23.1 Å². The number of nitrogens with two attached hydrogens (primary N) is 1. The number of halogens is 3. The van der Waals surface area contributed by atoms with Crippen LogP contribution in [-0.4, -0.2) is 49.3 Å². The quantitative estimate of drug-likeness (QED) is 0.178. The lowest BCUT2D eigenvalue weighted by molar-refractivity contribution is -0.274. The molecular weight excluding hydrogens is 585 g/mol. The monoisotopic (exact) mass is 618 g/mol. The first-order valence-electron chi connectivity index (χ1n) is 15.3. The third kappa shape index (κ3) is 5.58. The molecule has 0 atom stereocenters. The molecule has 45 heavy (non-hydrogen) atoms. The Bertz CT molecular complexity index is 1870. The van der Waals surface area contributed by atoms with E-state index in [0.717, 1.165) is 54.9 Å². The molecule has 1 amide bonds. The number of fused-ring (bicyclic) bond motifs is 2. The van der Waals surface area contributed by atoms with Gasteiger partial charge in [0.2, 0.25) is 11.9 Å². The maximum atomic E-state index is 13.2. The van der Waals surface area contributed by atoms with Crippen LogP contribution in [-0.2, 0) is 0 Å². The molecule has 0 spiro atoms. The van der Waals surface area contributed by atoms with Crippen molar-refractivity contribution >= 4 is 39.6 Å². The van der Waals surface area contributed by atoms with Gasteiger partial charge in [-0.15, -0.1) is 13.2 Å². The number of amides is 1. The minimum atomic E-state index is -4.83. The van der Waals surface area contributed by atoms with Gasteiger partial charge in [0.15, 0.2) is 5.82 Å². The Morgan fingerprint density at radius 2 is 1.76 bits per heavy atom. The van der Waals surface area contributed by atoms with Crippen LogP contribution in [0.4, 0.5) is 24.9 Å². The SMILES string of the molecule is NC(=O)c1ccc2c(c1)nc(N(c1n[nH]c3ccc(-c4ccccc4OC(F)(F)F)cc13)C1CCCC1)n2C1CCC(O)CC1. The van der Waals surface area contributed by atoms with Crippen LogP contribution in [0.5, 0.6) is 5.75 Å². The highest BCUT2D eigenvalue weighted by molar-refractivity contribution is 5.98. The first kappa shape index (κ1) is 29.1. The first-order chi connectivity index (χ1) is 21.7. The summed E-state index contributed by atoms with van der Waals surface area (Å²) in [5.74, 6) is 0.477. The maximum Gasteiger partial charge on any atom is 0.573 e. The molecule has 0 aliphatic heterocycles. The standard InChI is InChI=1S/C33H33F3N6O3/c34-33(35,36)45-29-8-4-3-7-24(29)19-9-15-26-25(17-19)31(40-39-26)42(21-5-1-2-6-21)32-38-27-18-20(30(37)44)10-16-28(27)41(32)22-11-13-23(43)14-12-22/h3-4,7-10,15-18,21-23,43H,1-2,5-6,11-14H2,(H2,37,44)(H,39,40). The number of aromatic amines is 1. The van der Waals surface area contributed by atoms with Gasteiger partial charge < -0.3 is 20.1 Å². The summed E-state index contributed by atoms with van der Waals surface area (Å²) < 4.78 is 46.3. The summed E-state index contributed by atoms with van der Waals surface area (Å²) in [4.78, 5) is 19.3. The number of anilines is 2. The second-order valence-electron chi connectivity index (χ2n) is 12.0. The van der Waals surface area contributed by atoms with E-state index in [4.69, 9.17) is 15.8 Å². The molecular formula is C33H33F3N6O3. The van der Waals surface area contributed by atoms with E-state index >= 15 is 0 Å². The predicted molar refractivity (Wildman–Crippen MR) is 164 cm³/mol. The number of ether oxygens (including phenoxy) is 1. The van der Waals surface area contributed by atoms with E-state index < -0.39 is 12.3 Å². The lowest BCUT2D eigenvalue weighted by Gasteiger charge is -2.33. The lowest BCUT2D eigenvalue weighted by Crippen LogP contribution is -2.33. The summed E-state index contributed by atoms with van der Waals surface area (Å²) in [6.07, 6.45) is 1.59. The number of carbonyl (C=O) groups is 1. The lowest BCUT2D eigenvalue weighted by atomic mass is 9.93. The molecule has 3 aromatic carbocycles. The molecule has 2 aliphatic rings. The Kier molecular flexibility index (Phi) is 7.39. The Morgan fingerprint density at radius 3 is 2.49 bits per heavy atom. The predicted octanol–water partition coefficient (Wildman–Crippen LogP) is 7.13. The number of imidazole rings is 1. The van der Waals surface area contributed by atoms with E-state index in [2.05, 4.69) is 19.3 Å². The number of hydrogen-bond donors (Lipinski definition) is 3. The zero-order valence-corrected chi connectivity index (χ0v) is 24.4. The van der Waals surface area contributed by atoms with E-state index in [0.29, 0.717) is 46.8 Å². The Morgan fingerprint density at radius 1 is 1.00 bits per heavy atom. The van der Waals surface area contributed by atoms with Gasteiger partial charge in [-0.1, -0.05) is 37.1 Å². The van der Waals surface area contributed by atoms with Crippen molar-refractivity contribution in [3.05, 3.63) is 66.2 Å². The minimum Gasteiger partial charge on any atom is -0.405 e. The second kappa shape index (κ2) is 11.4. The third-order valence-electron chi connectivity index (χ3n) is 9.09. The number of H-pyrrole nitrogens is 1. The number of nitrogens with one attached hydrogen (secondary N) is 1. The average Bonchev–Trinajstić information content (AvgIpc) is 3.77. The number of alkyl halides is 3. The van der Waals surface area contributed by atoms with E-state index in [1.807, 2.05) is 18.2 Å². The van der Waals surface area contributed by atoms with Crippen LogP contribution in [0.1, 0.15) is 67.8 Å². The minimum absolute atomic E-state index is 0.0592. The summed E-state index contributed by atoms with van der Waals surface area (Å²) in [6.45, 7) is 0. The van der Waals surface area contributed by atoms with Crippen molar-refractivity contribution in [2.75, 3.05) is 4.90 Å². The molecule has 2 saturated carbocycles. The normalized spacial score (nSPS) is 19.4. The molecule has 2 fully saturated rings. The highest BCUT2D eigenvalue weighted by Gasteiger charge is 2.35. The summed E-state index contributed by atoms with van der Waals surface area (Å²) in [7, 11) is 0. The fraction of sp³-hybridized carbons (Fsp3) is 0.364. The first-order valence-corrected chi connectivity index (χ1v) is 15.3. The Labute approximate surface area is 256 Å². The summed E-state index contributed by atoms with van der Waals surface area (Å²) in [6, 6.07) is 16.9. The van der Waals surface area contributed by atoms with Crippen molar-refractivity contribution < 1.29 is 27.8 Å². The van der Waals surface area contributed by atoms with Crippen LogP contribution >= 0.6 is 0 Å². The molecule has 7 rings (SSSR count). The Balaban J connectivity index is 1.41. The number of nitrogens with zero attached hydrogens (tertiary/aromatic N) is 4. The molecule has 234 valence electrons. The summed E-state index contributed by atoms with van der Waals surface area (Å²) in [5.41, 5.74) is 9.06. The van der Waals surface area contributed by atoms with Crippen LogP contribution in [0.3, 0.4) is 0 Å². The van der Waals surface area contributed by atoms with Gasteiger partial charge in [-0.05, 0) is 80.5 Å². The van der Waals surface area contributed by atoms with Crippen LogP contribution in [0.25, 0.3) is 33.1 Å². The van der Waals surface area contributed by atoms with Crippen molar-refractivity contribution in [3.63, 3.8) is 0 Å². The summed E-state index contributed by atoms with van der Waals surface area (Å²) >= 11 is 0. The van der Waals surface area contributed by atoms with Gasteiger partial charge in [0, 0.05) is 28.6 Å². The van der Waals surface area contributed by atoms with Crippen LogP contribution in [0.2, 0.25) is 0 Å². The third-order valence-corrected chi connectivity index (χ3v) is 9.09. The van der Waals surface area contributed by atoms with Gasteiger partial charge in [0.1, 0.15) is 5.75 Å². The van der Waals surface area contributed by atoms with Crippen molar-refractivity contribution in [2.45, 2.75) is 75.9 Å². The zero-order valence-electron chi connectivity index (χ0n) is 24.4. The van der Waals surface area contributed by atoms with Crippen LogP contribution in [0, 0.1) is 0 Å². The van der Waals surface area contributed by atoms with Crippen LogP contribution in [0.15, 0.2) is 60.7 Å². The fourth-order valence-corrected chi connectivity index (χ4v) is 6.95. The molecule has 5 aromatic rings. The zero-order chi connectivity index (χ0) is 31.3. The molecule has 0 saturated heterocycles. The number of benzene rings is 3. The average molecular weight is 619 g/mol. The van der Waals surface area contributed by atoms with Gasteiger partial charge in [0.25, 0.3) is 0 Å². The number of hydrogen-bond acceptors (Lipinski definition) is 6. The van der Waals surface area contributed by atoms with Gasteiger partial charge in [-0.25, -0.2) is 4.98 Å². The topological polar surface area (TPSA) is 122 Å². The van der Waals surface area contributed by atoms with E-state index in [-0.39, 0.29) is 23.9 Å². The van der Waals surface area contributed by atoms with E-state index in [1.165, 1.54) is 12.1 Å². The van der Waals surface area contributed by atoms with Crippen molar-refractivity contribution in [2.24, 2.45) is 5.73 Å². The molecule has 12 heteroatoms. The molecule has 0 unspecified atom stereocenters. The molecule has 2 aliphatic carbocycles. The number of para-hydroxylation sites is 1. The van der Waals surface area contributed by atoms with Crippen molar-refractivity contribution in [3.8, 4) is 16.9 Å². The van der Waals surface area contributed by atoms with Gasteiger partial charge >= 0.3 is 6.36 Å². The van der Waals surface area contributed by atoms with Crippen molar-refractivity contribution in [1.82, 2.24) is 19.7 Å². The number of aliphatic hydroxyl groups excluding tert-OH is 1. The summed E-state index contributed by atoms with van der Waals surface area (Å²) in [5, 5.41) is 18.9. The fourth-order valence-electron chi connectivity index (χ4n) is 6.95. The molecule has 9 nitrogen and oxygen atoms in total. The highest BCUT2D eigenvalue weighted by atomic mass is 19.4. The van der Waals surface area contributed by atoms with Gasteiger partial charge in [-0.2, -0.15) is 5.10 Å². The van der Waals surface area contributed by atoms with Crippen LogP contribution < -0.4 is 15.4 Å². The van der Waals surface area contributed by atoms with Gasteiger partial charge in [0.05, 0.1) is 22.7 Å². The highest BCUT2D eigenvalue weighted by Crippen LogP contribution is 2.43. The number of rotatable bonds is 7. The molecule has 2 aromatic heterocycles. The number of aromatic nitrogens is 4. The van der Waals surface area contributed by atoms with Gasteiger partial charge in [-0.3, -0.25) is 14.8 Å². The molecule has 4 N–H and O–H groups in total. The molecule has 2 heterocycles. The molecule has 0 radical (unpaired) electrons. The van der Waals surface area contributed by atoms with Crippen molar-refractivity contribution in [1.29, 1.82) is 0 Å². The maximum absolute atomic E-state index is 13.2.